The van der Waals surface area contributed by atoms with E-state index in [0.29, 0.717) is 0 Å². The molecule has 6 heavy (non-hydrogen) atoms. The van der Waals surface area contributed by atoms with E-state index in [0.717, 1.165) is 0 Å². The Morgan fingerprint density at radius 2 is 1.17 bits per heavy atom. The normalized spacial score (nSPS) is 9.67. The Balaban J connectivity index is 0. The molecule has 0 saturated carbocycles. The van der Waals surface area contributed by atoms with Crippen LogP contribution in [0.15, 0.2) is 0 Å². The Kier molecular flexibility index (Phi) is 6.17. The van der Waals surface area contributed by atoms with Crippen molar-refractivity contribution in [3.05, 3.63) is 0 Å². The van der Waals surface area contributed by atoms with Crippen LogP contribution in [0.1, 0.15) is 0 Å². The van der Waals surface area contributed by atoms with Crippen molar-refractivity contribution in [3.63, 3.8) is 0 Å². The quantitative estimate of drug-likeness (QED) is 0.461. The largest absolute Gasteiger partial charge is 0 e. The Morgan fingerprint density at radius 1 is 1.17 bits per heavy atom. The van der Waals surface area contributed by atoms with Crippen LogP contribution in [0.3, 0.4) is 0 Å². The molecule has 0 spiro atoms. The first-order valence-corrected chi connectivity index (χ1v) is 2.88. The van der Waals surface area contributed by atoms with Crippen LogP contribution in [0.5, 0.6) is 0 Å². The number of hydrogen-bond acceptors (Lipinski definition) is 2. The second-order valence-corrected chi connectivity index (χ2v) is 1.85. The van der Waals surface area contributed by atoms with Gasteiger partial charge in [-0.1, -0.05) is 0 Å². The van der Waals surface area contributed by atoms with Gasteiger partial charge in [0, 0.05) is 45.5 Å². The van der Waals surface area contributed by atoms with Crippen LogP contribution in [-0.4, -0.2) is 53.8 Å². The van der Waals surface area contributed by atoms with Gasteiger partial charge in [0.15, 0.2) is 0 Å². The number of rotatable bonds is 0. The van der Waals surface area contributed by atoms with E-state index in [1.54, 1.807) is 0 Å². The van der Waals surface area contributed by atoms with E-state index in [-0.39, 0.29) is 45.5 Å². The fraction of sp³-hybridized carbons (Fsp3) is 0. The van der Waals surface area contributed by atoms with E-state index in [2.05, 4.69) is 0 Å². The molecule has 0 bridgehead atoms. The van der Waals surface area contributed by atoms with Gasteiger partial charge in [0.1, 0.15) is 0 Å². The van der Waals surface area contributed by atoms with Crippen LogP contribution >= 0.6 is 0 Å². The fourth-order valence-corrected chi connectivity index (χ4v) is 0. The molecule has 0 saturated heterocycles. The van der Waals surface area contributed by atoms with Gasteiger partial charge in [-0.25, -0.2) is 0 Å². The molecule has 0 aromatic heterocycles. The molecule has 0 rings (SSSR count). The predicted octanol–water partition coefficient (Wildman–Crippen LogP) is -1.73. The molecule has 0 amide bonds. The molecule has 0 unspecified atom stereocenters. The molecule has 0 aliphatic carbocycles. The van der Waals surface area contributed by atoms with E-state index in [1.807, 2.05) is 0 Å². The molecule has 0 aromatic rings. The van der Waals surface area contributed by atoms with Crippen molar-refractivity contribution in [2.75, 3.05) is 0 Å². The van der Waals surface area contributed by atoms with Crippen LogP contribution in [-0.2, 0) is 21.2 Å². The Labute approximate surface area is 73.8 Å². The topological polar surface area (TPSA) is 74.6 Å². The van der Waals surface area contributed by atoms with Crippen molar-refractivity contribution in [2.24, 2.45) is 0 Å². The van der Waals surface area contributed by atoms with E-state index in [9.17, 15) is 0 Å². The first-order valence-electron chi connectivity index (χ1n) is 0.698. The standard InChI is InChI=1S/Cr.2H2O.2O.Sr/h;2*1H2;;;/q+2;;;;;/p-2. The summed E-state index contributed by atoms with van der Waals surface area (Å²) in [6.45, 7) is 0. The third-order valence-electron chi connectivity index (χ3n) is 0. The van der Waals surface area contributed by atoms with E-state index < -0.39 is 13.6 Å². The fourth-order valence-electron chi connectivity index (χ4n) is 0. The zero-order valence-corrected chi connectivity index (χ0v) is 7.58. The molecule has 34 valence electrons. The Hall–Kier alpha value is 1.53. The molecule has 0 aliphatic heterocycles. The average molecular weight is 206 g/mol. The summed E-state index contributed by atoms with van der Waals surface area (Å²) in [4.78, 5) is 0. The van der Waals surface area contributed by atoms with Gasteiger partial charge in [-0.15, -0.1) is 0 Å². The van der Waals surface area contributed by atoms with Crippen LogP contribution in [0, 0.1) is 0 Å². The van der Waals surface area contributed by atoms with Crippen molar-refractivity contribution in [1.82, 2.24) is 0 Å². The summed E-state index contributed by atoms with van der Waals surface area (Å²) >= 11 is -5.25. The van der Waals surface area contributed by atoms with Crippen LogP contribution in [0.25, 0.3) is 0 Å². The molecule has 2 N–H and O–H groups in total. The molecule has 0 fully saturated rings. The maximum atomic E-state index is 8.82. The first kappa shape index (κ1) is 10.5. The molecule has 4 nitrogen and oxygen atoms in total. The van der Waals surface area contributed by atoms with Gasteiger partial charge < -0.3 is 0 Å². The van der Waals surface area contributed by atoms with Gasteiger partial charge in [-0.05, 0) is 0 Å². The van der Waals surface area contributed by atoms with Crippen molar-refractivity contribution < 1.29 is 29.5 Å². The van der Waals surface area contributed by atoms with Crippen molar-refractivity contribution >= 4 is 45.5 Å². The van der Waals surface area contributed by atoms with Gasteiger partial charge >= 0.3 is 29.5 Å². The summed E-state index contributed by atoms with van der Waals surface area (Å²) in [6, 6.07) is 0. The minimum absolute atomic E-state index is 0. The summed E-state index contributed by atoms with van der Waals surface area (Å²) in [5.41, 5.74) is 0. The molecule has 0 aliphatic rings. The molecule has 0 aromatic carbocycles. The summed E-state index contributed by atoms with van der Waals surface area (Å²) in [7, 11) is 0. The van der Waals surface area contributed by atoms with Crippen molar-refractivity contribution in [3.8, 4) is 0 Å². The van der Waals surface area contributed by atoms with Gasteiger partial charge in [0.2, 0.25) is 0 Å². The van der Waals surface area contributed by atoms with Gasteiger partial charge in [0.05, 0.1) is 0 Å². The monoisotopic (exact) mass is 206 g/mol. The maximum Gasteiger partial charge on any atom is 0 e. The SMILES string of the molecule is [O]=[Cr](=[O])([OH])[OH].[Sr]. The van der Waals surface area contributed by atoms with E-state index in [4.69, 9.17) is 15.9 Å². The smallest absolute Gasteiger partial charge is 0 e. The zero-order chi connectivity index (χ0) is 4.50. The van der Waals surface area contributed by atoms with Crippen molar-refractivity contribution in [1.29, 1.82) is 0 Å². The van der Waals surface area contributed by atoms with Crippen LogP contribution in [0.2, 0.25) is 0 Å². The summed E-state index contributed by atoms with van der Waals surface area (Å²) in [5.74, 6) is 0. The van der Waals surface area contributed by atoms with Crippen LogP contribution < -0.4 is 0 Å². The zero-order valence-electron chi connectivity index (χ0n) is 2.83. The van der Waals surface area contributed by atoms with E-state index >= 15 is 0 Å². The van der Waals surface area contributed by atoms with E-state index in [1.165, 1.54) is 0 Å². The van der Waals surface area contributed by atoms with Crippen LogP contribution in [0.4, 0.5) is 0 Å². The average Bonchev–Trinajstić information content (AvgIpc) is 0.722. The van der Waals surface area contributed by atoms with Crippen molar-refractivity contribution in [2.45, 2.75) is 0 Å². The third-order valence-corrected chi connectivity index (χ3v) is 0. The minimum Gasteiger partial charge on any atom is 0 e. The molecular formula is H2CrO4Sr. The second-order valence-electron chi connectivity index (χ2n) is 0.448. The second kappa shape index (κ2) is 3.52. The maximum absolute atomic E-state index is 8.82. The molecule has 0 heterocycles. The molecule has 0 atom stereocenters. The summed E-state index contributed by atoms with van der Waals surface area (Å²) in [5, 5.41) is 0. The van der Waals surface area contributed by atoms with Gasteiger partial charge in [0.25, 0.3) is 0 Å². The van der Waals surface area contributed by atoms with Gasteiger partial charge in [-0.2, -0.15) is 0 Å². The Bertz CT molecular complexity index is 90.7. The summed E-state index contributed by atoms with van der Waals surface area (Å²) in [6.07, 6.45) is 0. The first-order chi connectivity index (χ1) is 2.00. The number of hydrogen-bond donors (Lipinski definition) is 2. The molecule has 2 radical (unpaired) electrons. The molecular weight excluding hydrogens is 204 g/mol. The Morgan fingerprint density at radius 3 is 1.17 bits per heavy atom. The van der Waals surface area contributed by atoms with Gasteiger partial charge in [-0.3, -0.25) is 0 Å². The summed E-state index contributed by atoms with van der Waals surface area (Å²) < 4.78 is 31.9. The molecule has 6 heteroatoms. The minimum atomic E-state index is -5.25. The third kappa shape index (κ3) is 48.4. The predicted molar refractivity (Wildman–Crippen MR) is 11.6 cm³/mol.